The van der Waals surface area contributed by atoms with Gasteiger partial charge in [0.2, 0.25) is 0 Å². The molecule has 0 aliphatic heterocycles. The van der Waals surface area contributed by atoms with Crippen LogP contribution in [0.4, 0.5) is 0 Å². The van der Waals surface area contributed by atoms with Gasteiger partial charge >= 0.3 is 0 Å². The Balaban J connectivity index is 1.41. The lowest BCUT2D eigenvalue weighted by atomic mass is 10.1. The van der Waals surface area contributed by atoms with Crippen molar-refractivity contribution in [1.82, 2.24) is 9.97 Å². The average molecular weight is 358 g/mol. The molecule has 0 fully saturated rings. The summed E-state index contributed by atoms with van der Waals surface area (Å²) in [4.78, 5) is 9.06. The minimum Gasteiger partial charge on any atom is -0.487 e. The highest BCUT2D eigenvalue weighted by molar-refractivity contribution is 7.09. The van der Waals surface area contributed by atoms with E-state index in [9.17, 15) is 0 Å². The highest BCUT2D eigenvalue weighted by Gasteiger charge is 2.00. The quantitative estimate of drug-likeness (QED) is 0.456. The third kappa shape index (κ3) is 3.98. The van der Waals surface area contributed by atoms with Crippen molar-refractivity contribution >= 4 is 34.4 Å². The fraction of sp³-hybridized carbons (Fsp3) is 0.0909. The van der Waals surface area contributed by atoms with E-state index in [0.717, 1.165) is 38.6 Å². The molecule has 4 rings (SSSR count). The second-order valence-electron chi connectivity index (χ2n) is 5.98. The van der Waals surface area contributed by atoms with Gasteiger partial charge < -0.3 is 4.74 Å². The van der Waals surface area contributed by atoms with Gasteiger partial charge in [-0.15, -0.1) is 11.3 Å². The highest BCUT2D eigenvalue weighted by atomic mass is 32.1. The Morgan fingerprint density at radius 2 is 1.77 bits per heavy atom. The van der Waals surface area contributed by atoms with Crippen LogP contribution in [-0.2, 0) is 6.61 Å². The summed E-state index contributed by atoms with van der Waals surface area (Å²) in [6, 6.07) is 20.3. The molecule has 0 saturated heterocycles. The van der Waals surface area contributed by atoms with Crippen LogP contribution in [0.5, 0.6) is 5.75 Å². The summed E-state index contributed by atoms with van der Waals surface area (Å²) >= 11 is 1.64. The Morgan fingerprint density at radius 1 is 0.923 bits per heavy atom. The number of aromatic nitrogens is 2. The molecule has 128 valence electrons. The molecule has 0 saturated carbocycles. The molecule has 2 aromatic carbocycles. The molecule has 0 radical (unpaired) electrons. The first-order valence-electron chi connectivity index (χ1n) is 8.44. The number of fused-ring (bicyclic) bond motifs is 1. The van der Waals surface area contributed by atoms with Crippen molar-refractivity contribution in [2.24, 2.45) is 0 Å². The zero-order valence-electron chi connectivity index (χ0n) is 14.4. The molecular formula is C22H18N2OS. The van der Waals surface area contributed by atoms with Crippen molar-refractivity contribution < 1.29 is 4.74 Å². The molecule has 0 bridgehead atoms. The van der Waals surface area contributed by atoms with Crippen LogP contribution in [0.1, 0.15) is 22.0 Å². The topological polar surface area (TPSA) is 35.0 Å². The number of hydrogen-bond acceptors (Lipinski definition) is 4. The lowest BCUT2D eigenvalue weighted by molar-refractivity contribution is 0.302. The fourth-order valence-corrected chi connectivity index (χ4v) is 3.26. The van der Waals surface area contributed by atoms with Crippen LogP contribution in [0.25, 0.3) is 23.1 Å². The van der Waals surface area contributed by atoms with Gasteiger partial charge in [0, 0.05) is 10.8 Å². The van der Waals surface area contributed by atoms with Crippen molar-refractivity contribution in [2.75, 3.05) is 0 Å². The Morgan fingerprint density at radius 3 is 2.58 bits per heavy atom. The second-order valence-corrected chi connectivity index (χ2v) is 7.04. The van der Waals surface area contributed by atoms with Gasteiger partial charge in [-0.3, -0.25) is 0 Å². The smallest absolute Gasteiger partial charge is 0.131 e. The van der Waals surface area contributed by atoms with E-state index in [2.05, 4.69) is 28.2 Å². The molecule has 0 aliphatic carbocycles. The largest absolute Gasteiger partial charge is 0.487 e. The minimum absolute atomic E-state index is 0.501. The first-order valence-corrected chi connectivity index (χ1v) is 9.32. The van der Waals surface area contributed by atoms with Crippen LogP contribution >= 0.6 is 11.3 Å². The Kier molecular flexibility index (Phi) is 4.75. The third-order valence-electron chi connectivity index (χ3n) is 4.00. The molecule has 4 heteroatoms. The first-order chi connectivity index (χ1) is 12.8. The maximum atomic E-state index is 5.78. The monoisotopic (exact) mass is 358 g/mol. The maximum Gasteiger partial charge on any atom is 0.131 e. The van der Waals surface area contributed by atoms with Crippen LogP contribution < -0.4 is 4.74 Å². The van der Waals surface area contributed by atoms with Gasteiger partial charge in [-0.1, -0.05) is 42.5 Å². The van der Waals surface area contributed by atoms with Crippen LogP contribution in [0, 0.1) is 6.92 Å². The van der Waals surface area contributed by atoms with E-state index >= 15 is 0 Å². The minimum atomic E-state index is 0.501. The van der Waals surface area contributed by atoms with Crippen LogP contribution in [0.3, 0.4) is 0 Å². The molecule has 0 N–H and O–H groups in total. The van der Waals surface area contributed by atoms with Gasteiger partial charge in [-0.2, -0.15) is 0 Å². The zero-order chi connectivity index (χ0) is 17.8. The third-order valence-corrected chi connectivity index (χ3v) is 4.82. The predicted octanol–water partition coefficient (Wildman–Crippen LogP) is 5.75. The summed E-state index contributed by atoms with van der Waals surface area (Å²) in [6.45, 7) is 2.50. The van der Waals surface area contributed by atoms with Gasteiger partial charge in [-0.05, 0) is 42.8 Å². The fourth-order valence-electron chi connectivity index (χ4n) is 2.66. The lowest BCUT2D eigenvalue weighted by Gasteiger charge is -2.04. The van der Waals surface area contributed by atoms with E-state index in [1.54, 1.807) is 11.3 Å². The van der Waals surface area contributed by atoms with Gasteiger partial charge in [0.25, 0.3) is 0 Å². The van der Waals surface area contributed by atoms with Crippen LogP contribution in [0.2, 0.25) is 0 Å². The van der Waals surface area contributed by atoms with Crippen molar-refractivity contribution in [1.29, 1.82) is 0 Å². The van der Waals surface area contributed by atoms with Crippen LogP contribution in [0.15, 0.2) is 66.0 Å². The molecule has 0 atom stereocenters. The maximum absolute atomic E-state index is 5.78. The summed E-state index contributed by atoms with van der Waals surface area (Å²) in [5.41, 5.74) is 4.04. The van der Waals surface area contributed by atoms with Crippen molar-refractivity contribution in [3.63, 3.8) is 0 Å². The molecule has 2 heterocycles. The number of thiazole rings is 1. The summed E-state index contributed by atoms with van der Waals surface area (Å²) in [6.07, 6.45) is 4.09. The van der Waals surface area contributed by atoms with E-state index in [1.807, 2.05) is 66.9 Å². The molecular weight excluding hydrogens is 340 g/mol. The highest BCUT2D eigenvalue weighted by Crippen LogP contribution is 2.18. The molecule has 2 aromatic heterocycles. The van der Waals surface area contributed by atoms with E-state index < -0.39 is 0 Å². The summed E-state index contributed by atoms with van der Waals surface area (Å²) in [5, 5.41) is 4.25. The van der Waals surface area contributed by atoms with E-state index in [1.165, 1.54) is 0 Å². The standard InChI is InChI=1S/C22H18N2OS/c1-16-23-20(15-26-16)14-25-21-12-7-17(8-13-21)6-10-19-11-9-18-4-2-3-5-22(18)24-19/h2-13,15H,14H2,1H3. The van der Waals surface area contributed by atoms with E-state index in [4.69, 9.17) is 4.74 Å². The predicted molar refractivity (Wildman–Crippen MR) is 108 cm³/mol. The van der Waals surface area contributed by atoms with E-state index in [0.29, 0.717) is 6.61 Å². The summed E-state index contributed by atoms with van der Waals surface area (Å²) in [7, 11) is 0. The molecule has 0 spiro atoms. The van der Waals surface area contributed by atoms with Crippen molar-refractivity contribution in [2.45, 2.75) is 13.5 Å². The Labute approximate surface area is 156 Å². The molecule has 0 aliphatic rings. The van der Waals surface area contributed by atoms with Gasteiger partial charge in [-0.25, -0.2) is 9.97 Å². The molecule has 0 amide bonds. The van der Waals surface area contributed by atoms with Gasteiger partial charge in [0.1, 0.15) is 12.4 Å². The van der Waals surface area contributed by atoms with Crippen LogP contribution in [-0.4, -0.2) is 9.97 Å². The Hall–Kier alpha value is -2.98. The molecule has 3 nitrogen and oxygen atoms in total. The summed E-state index contributed by atoms with van der Waals surface area (Å²) in [5.74, 6) is 0.844. The zero-order valence-corrected chi connectivity index (χ0v) is 15.2. The normalized spacial score (nSPS) is 11.3. The Bertz CT molecular complexity index is 1050. The number of nitrogens with zero attached hydrogens (tertiary/aromatic N) is 2. The number of hydrogen-bond donors (Lipinski definition) is 0. The number of pyridine rings is 1. The SMILES string of the molecule is Cc1nc(COc2ccc(C=Cc3ccc4ccccc4n3)cc2)cs1. The van der Waals surface area contributed by atoms with E-state index in [-0.39, 0.29) is 0 Å². The molecule has 0 unspecified atom stereocenters. The average Bonchev–Trinajstić information content (AvgIpc) is 3.10. The van der Waals surface area contributed by atoms with Gasteiger partial charge in [0.05, 0.1) is 21.9 Å². The number of ether oxygens (including phenoxy) is 1. The number of benzene rings is 2. The summed E-state index contributed by atoms with van der Waals surface area (Å²) < 4.78 is 5.78. The lowest BCUT2D eigenvalue weighted by Crippen LogP contribution is -1.95. The first kappa shape index (κ1) is 16.5. The van der Waals surface area contributed by atoms with Gasteiger partial charge in [0.15, 0.2) is 0 Å². The number of aryl methyl sites for hydroxylation is 1. The molecule has 26 heavy (non-hydrogen) atoms. The van der Waals surface area contributed by atoms with Crippen molar-refractivity contribution in [3.8, 4) is 5.75 Å². The number of para-hydroxylation sites is 1. The second kappa shape index (κ2) is 7.50. The van der Waals surface area contributed by atoms with Crippen molar-refractivity contribution in [3.05, 3.63) is 88.0 Å². The molecule has 4 aromatic rings. The number of rotatable bonds is 5.